The predicted octanol–water partition coefficient (Wildman–Crippen LogP) is 2.94. The Morgan fingerprint density at radius 1 is 1.29 bits per heavy atom. The second kappa shape index (κ2) is 12.8. The third kappa shape index (κ3) is 7.95. The fourth-order valence-electron chi connectivity index (χ4n) is 3.49. The first-order valence-electron chi connectivity index (χ1n) is 10.8. The van der Waals surface area contributed by atoms with Gasteiger partial charge in [0.2, 0.25) is 0 Å². The molecule has 0 saturated carbocycles. The Bertz CT molecular complexity index is 822. The molecular weight excluding hydrogens is 507 g/mol. The SMILES string of the molecule is CCNC(=NCCc1ccc(OC(C)C)cc1)NC1CCc2nc(COC)nn2C1.I. The molecule has 1 unspecified atom stereocenters. The highest BCUT2D eigenvalue weighted by atomic mass is 127. The zero-order valence-corrected chi connectivity index (χ0v) is 21.3. The van der Waals surface area contributed by atoms with Crippen LogP contribution in [0, 0.1) is 0 Å². The van der Waals surface area contributed by atoms with E-state index >= 15 is 0 Å². The summed E-state index contributed by atoms with van der Waals surface area (Å²) in [5.41, 5.74) is 1.25. The summed E-state index contributed by atoms with van der Waals surface area (Å²) < 4.78 is 12.8. The summed E-state index contributed by atoms with van der Waals surface area (Å²) in [4.78, 5) is 9.30. The van der Waals surface area contributed by atoms with Gasteiger partial charge in [0, 0.05) is 32.7 Å². The standard InChI is InChI=1S/C22H34N6O2.HI/c1-5-23-22(24-13-12-17-6-9-19(10-7-17)30-16(2)3)25-18-8-11-21-26-20(15-29-4)27-28(21)14-18;/h6-7,9-10,16,18H,5,8,11-15H2,1-4H3,(H2,23,24,25);1H. The first kappa shape index (κ1) is 25.4. The van der Waals surface area contributed by atoms with Crippen LogP contribution in [0.1, 0.15) is 44.4 Å². The highest BCUT2D eigenvalue weighted by Crippen LogP contribution is 2.15. The molecule has 2 heterocycles. The van der Waals surface area contributed by atoms with Crippen molar-refractivity contribution < 1.29 is 9.47 Å². The van der Waals surface area contributed by atoms with Crippen molar-refractivity contribution in [2.75, 3.05) is 20.2 Å². The monoisotopic (exact) mass is 542 g/mol. The minimum absolute atomic E-state index is 0. The Hall–Kier alpha value is -1.88. The van der Waals surface area contributed by atoms with Crippen LogP contribution in [-0.4, -0.2) is 53.1 Å². The lowest BCUT2D eigenvalue weighted by molar-refractivity contribution is 0.177. The van der Waals surface area contributed by atoms with Crippen molar-refractivity contribution in [2.24, 2.45) is 4.99 Å². The fraction of sp³-hybridized carbons (Fsp3) is 0.591. The number of nitrogens with zero attached hydrogens (tertiary/aromatic N) is 4. The van der Waals surface area contributed by atoms with Gasteiger partial charge in [-0.1, -0.05) is 12.1 Å². The van der Waals surface area contributed by atoms with Crippen LogP contribution in [0.25, 0.3) is 0 Å². The second-order valence-electron chi connectivity index (χ2n) is 7.76. The van der Waals surface area contributed by atoms with Crippen molar-refractivity contribution in [3.8, 4) is 5.75 Å². The zero-order valence-electron chi connectivity index (χ0n) is 18.9. The first-order valence-corrected chi connectivity index (χ1v) is 10.8. The number of nitrogens with one attached hydrogen (secondary N) is 2. The lowest BCUT2D eigenvalue weighted by Gasteiger charge is -2.25. The van der Waals surface area contributed by atoms with Crippen molar-refractivity contribution in [3.63, 3.8) is 0 Å². The number of hydrogen-bond acceptors (Lipinski definition) is 5. The van der Waals surface area contributed by atoms with Crippen LogP contribution >= 0.6 is 24.0 Å². The minimum atomic E-state index is 0. The molecule has 0 aliphatic carbocycles. The van der Waals surface area contributed by atoms with Gasteiger partial charge in [-0.25, -0.2) is 9.67 Å². The zero-order chi connectivity index (χ0) is 21.3. The Morgan fingerprint density at radius 2 is 2.06 bits per heavy atom. The molecule has 0 bridgehead atoms. The molecule has 1 aliphatic heterocycles. The van der Waals surface area contributed by atoms with Gasteiger partial charge in [-0.3, -0.25) is 4.99 Å². The number of aliphatic imine (C=N–C) groups is 1. The van der Waals surface area contributed by atoms with E-state index in [2.05, 4.69) is 39.8 Å². The summed E-state index contributed by atoms with van der Waals surface area (Å²) in [6.07, 6.45) is 2.98. The first-order chi connectivity index (χ1) is 14.6. The van der Waals surface area contributed by atoms with E-state index in [4.69, 9.17) is 14.5 Å². The van der Waals surface area contributed by atoms with E-state index in [0.29, 0.717) is 6.61 Å². The van der Waals surface area contributed by atoms with Crippen LogP contribution in [0.15, 0.2) is 29.3 Å². The lowest BCUT2D eigenvalue weighted by Crippen LogP contribution is -2.47. The summed E-state index contributed by atoms with van der Waals surface area (Å²) in [6, 6.07) is 8.55. The number of aryl methyl sites for hydroxylation is 1. The molecular formula is C22H35IN6O2. The van der Waals surface area contributed by atoms with Crippen LogP contribution in [-0.2, 0) is 30.7 Å². The number of aromatic nitrogens is 3. The van der Waals surface area contributed by atoms with Gasteiger partial charge < -0.3 is 20.1 Å². The van der Waals surface area contributed by atoms with E-state index in [1.807, 2.05) is 30.7 Å². The number of methoxy groups -OCH3 is 1. The second-order valence-corrected chi connectivity index (χ2v) is 7.76. The summed E-state index contributed by atoms with van der Waals surface area (Å²) in [5, 5.41) is 11.4. The van der Waals surface area contributed by atoms with Gasteiger partial charge in [-0.05, 0) is 51.3 Å². The van der Waals surface area contributed by atoms with E-state index in [1.165, 1.54) is 5.56 Å². The molecule has 0 radical (unpaired) electrons. The Balaban J connectivity index is 0.00000341. The van der Waals surface area contributed by atoms with E-state index in [1.54, 1.807) is 7.11 Å². The van der Waals surface area contributed by atoms with Gasteiger partial charge in [-0.2, -0.15) is 5.10 Å². The Kier molecular flexibility index (Phi) is 10.5. The average molecular weight is 542 g/mol. The van der Waals surface area contributed by atoms with Crippen molar-refractivity contribution in [1.82, 2.24) is 25.4 Å². The molecule has 0 saturated heterocycles. The molecule has 0 amide bonds. The lowest BCUT2D eigenvalue weighted by atomic mass is 10.1. The molecule has 2 aromatic rings. The molecule has 172 valence electrons. The Labute approximate surface area is 202 Å². The van der Waals surface area contributed by atoms with E-state index in [9.17, 15) is 0 Å². The van der Waals surface area contributed by atoms with E-state index in [0.717, 1.165) is 62.3 Å². The molecule has 3 rings (SSSR count). The number of halogens is 1. The van der Waals surface area contributed by atoms with Crippen LogP contribution in [0.3, 0.4) is 0 Å². The summed E-state index contributed by atoms with van der Waals surface area (Å²) in [5.74, 6) is 3.54. The number of guanidine groups is 1. The maximum absolute atomic E-state index is 5.70. The van der Waals surface area contributed by atoms with E-state index < -0.39 is 0 Å². The third-order valence-electron chi connectivity index (χ3n) is 4.83. The quantitative estimate of drug-likeness (QED) is 0.288. The normalized spacial score (nSPS) is 15.9. The molecule has 8 nitrogen and oxygen atoms in total. The summed E-state index contributed by atoms with van der Waals surface area (Å²) in [6.45, 7) is 8.93. The maximum atomic E-state index is 5.70. The number of ether oxygens (including phenoxy) is 2. The van der Waals surface area contributed by atoms with Gasteiger partial charge in [0.15, 0.2) is 11.8 Å². The summed E-state index contributed by atoms with van der Waals surface area (Å²) >= 11 is 0. The highest BCUT2D eigenvalue weighted by Gasteiger charge is 2.22. The molecule has 1 aromatic heterocycles. The molecule has 9 heteroatoms. The van der Waals surface area contributed by atoms with Crippen molar-refractivity contribution in [2.45, 2.75) is 65.3 Å². The minimum Gasteiger partial charge on any atom is -0.491 e. The van der Waals surface area contributed by atoms with Crippen molar-refractivity contribution in [3.05, 3.63) is 41.5 Å². The van der Waals surface area contributed by atoms with Gasteiger partial charge in [0.1, 0.15) is 18.2 Å². The van der Waals surface area contributed by atoms with Crippen LogP contribution in [0.4, 0.5) is 0 Å². The van der Waals surface area contributed by atoms with Gasteiger partial charge in [0.05, 0.1) is 12.6 Å². The average Bonchev–Trinajstić information content (AvgIpc) is 3.11. The van der Waals surface area contributed by atoms with Gasteiger partial charge in [0.25, 0.3) is 0 Å². The number of hydrogen-bond donors (Lipinski definition) is 2. The number of benzene rings is 1. The molecule has 2 N–H and O–H groups in total. The maximum Gasteiger partial charge on any atom is 0.191 e. The van der Waals surface area contributed by atoms with E-state index in [-0.39, 0.29) is 36.1 Å². The van der Waals surface area contributed by atoms with Crippen molar-refractivity contribution in [1.29, 1.82) is 0 Å². The smallest absolute Gasteiger partial charge is 0.191 e. The molecule has 0 spiro atoms. The van der Waals surface area contributed by atoms with Gasteiger partial charge >= 0.3 is 0 Å². The molecule has 0 fully saturated rings. The molecule has 1 aliphatic rings. The Morgan fingerprint density at radius 3 is 2.74 bits per heavy atom. The van der Waals surface area contributed by atoms with Crippen molar-refractivity contribution >= 4 is 29.9 Å². The van der Waals surface area contributed by atoms with Crippen LogP contribution < -0.4 is 15.4 Å². The third-order valence-corrected chi connectivity index (χ3v) is 4.83. The topological polar surface area (TPSA) is 85.6 Å². The molecule has 31 heavy (non-hydrogen) atoms. The van der Waals surface area contributed by atoms with Crippen LogP contribution in [0.5, 0.6) is 5.75 Å². The number of rotatable bonds is 9. The predicted molar refractivity (Wildman–Crippen MR) is 133 cm³/mol. The molecule has 1 atom stereocenters. The van der Waals surface area contributed by atoms with Gasteiger partial charge in [-0.15, -0.1) is 24.0 Å². The largest absolute Gasteiger partial charge is 0.491 e. The number of fused-ring (bicyclic) bond motifs is 1. The fourth-order valence-corrected chi connectivity index (χ4v) is 3.49. The van der Waals surface area contributed by atoms with Crippen LogP contribution in [0.2, 0.25) is 0 Å². The highest BCUT2D eigenvalue weighted by molar-refractivity contribution is 14.0. The molecule has 1 aromatic carbocycles. The summed E-state index contributed by atoms with van der Waals surface area (Å²) in [7, 11) is 1.66.